The van der Waals surface area contributed by atoms with E-state index in [9.17, 15) is 0 Å². The van der Waals surface area contributed by atoms with Crippen LogP contribution in [-0.4, -0.2) is 14.6 Å². The molecule has 2 heteroatoms. The second-order valence-electron chi connectivity index (χ2n) is 7.26. The molecule has 28 heavy (non-hydrogen) atoms. The quantitative estimate of drug-likeness (QED) is 0.494. The Kier molecular flexibility index (Phi) is 4.14. The van der Waals surface area contributed by atoms with E-state index in [0.29, 0.717) is 0 Å². The van der Waals surface area contributed by atoms with E-state index >= 15 is 0 Å². The predicted octanol–water partition coefficient (Wildman–Crippen LogP) is 3.54. The molecule has 0 spiro atoms. The Balaban J connectivity index is 1.98. The van der Waals surface area contributed by atoms with E-state index < -0.39 is 8.07 Å². The van der Waals surface area contributed by atoms with E-state index in [2.05, 4.69) is 121 Å². The summed E-state index contributed by atoms with van der Waals surface area (Å²) < 4.78 is 0. The molecule has 0 saturated heterocycles. The first kappa shape index (κ1) is 17.0. The SMILES string of the molecule is CCN1c2ccccc2[Si](c2ccccc2)(c2ccccc2)c2ccccc21. The standard InChI is InChI=1S/C26H23NSi/c1-2-27-23-17-9-11-19-25(23)28(21-13-5-3-6-14-21,22-15-7-4-8-16-22)26-20-12-10-18-24(26)27/h3-20H,2H2,1H3. The summed E-state index contributed by atoms with van der Waals surface area (Å²) in [6.07, 6.45) is 0. The van der Waals surface area contributed by atoms with Gasteiger partial charge in [0.1, 0.15) is 0 Å². The van der Waals surface area contributed by atoms with Gasteiger partial charge < -0.3 is 4.90 Å². The molecule has 0 aromatic heterocycles. The van der Waals surface area contributed by atoms with Crippen LogP contribution < -0.4 is 25.6 Å². The number of para-hydroxylation sites is 2. The third kappa shape index (κ3) is 2.31. The van der Waals surface area contributed by atoms with Gasteiger partial charge in [0.05, 0.1) is 0 Å². The number of hydrogen-bond acceptors (Lipinski definition) is 1. The molecule has 0 N–H and O–H groups in total. The molecule has 5 rings (SSSR count). The van der Waals surface area contributed by atoms with Crippen molar-refractivity contribution in [3.05, 3.63) is 109 Å². The van der Waals surface area contributed by atoms with Crippen molar-refractivity contribution in [2.45, 2.75) is 6.92 Å². The Labute approximate surface area is 167 Å². The molecule has 1 heterocycles. The largest absolute Gasteiger partial charge is 0.342 e. The molecular formula is C26H23NSi. The van der Waals surface area contributed by atoms with E-state index in [1.165, 1.54) is 32.1 Å². The highest BCUT2D eigenvalue weighted by molar-refractivity contribution is 7.21. The first-order valence-electron chi connectivity index (χ1n) is 9.95. The smallest absolute Gasteiger partial charge is 0.183 e. The first-order chi connectivity index (χ1) is 13.9. The topological polar surface area (TPSA) is 3.24 Å². The maximum absolute atomic E-state index is 2.47. The summed E-state index contributed by atoms with van der Waals surface area (Å²) in [5.41, 5.74) is 2.70. The monoisotopic (exact) mass is 377 g/mol. The Bertz CT molecular complexity index is 1020. The molecule has 1 nitrogen and oxygen atoms in total. The highest BCUT2D eigenvalue weighted by atomic mass is 28.3. The van der Waals surface area contributed by atoms with Gasteiger partial charge in [0.15, 0.2) is 8.07 Å². The van der Waals surface area contributed by atoms with Gasteiger partial charge in [-0.3, -0.25) is 0 Å². The van der Waals surface area contributed by atoms with Crippen molar-refractivity contribution in [2.24, 2.45) is 0 Å². The van der Waals surface area contributed by atoms with Gasteiger partial charge in [0.25, 0.3) is 0 Å². The van der Waals surface area contributed by atoms with Crippen LogP contribution in [0.4, 0.5) is 11.4 Å². The van der Waals surface area contributed by atoms with Gasteiger partial charge in [-0.1, -0.05) is 97.1 Å². The lowest BCUT2D eigenvalue weighted by Crippen LogP contribution is -2.77. The van der Waals surface area contributed by atoms with Crippen molar-refractivity contribution in [2.75, 3.05) is 11.4 Å². The van der Waals surface area contributed by atoms with Crippen LogP contribution in [0, 0.1) is 0 Å². The van der Waals surface area contributed by atoms with Crippen molar-refractivity contribution in [3.63, 3.8) is 0 Å². The maximum Gasteiger partial charge on any atom is 0.183 e. The molecule has 4 aromatic rings. The Hall–Kier alpha value is -3.10. The molecule has 0 fully saturated rings. The number of fused-ring (bicyclic) bond motifs is 2. The summed E-state index contributed by atoms with van der Waals surface area (Å²) in [6.45, 7) is 3.20. The van der Waals surface area contributed by atoms with Crippen LogP contribution in [0.25, 0.3) is 0 Å². The molecule has 136 valence electrons. The molecule has 0 radical (unpaired) electrons. The summed E-state index contributed by atoms with van der Waals surface area (Å²) in [6, 6.07) is 40.4. The summed E-state index contributed by atoms with van der Waals surface area (Å²) >= 11 is 0. The Morgan fingerprint density at radius 2 is 0.929 bits per heavy atom. The highest BCUT2D eigenvalue weighted by Crippen LogP contribution is 2.31. The molecule has 0 saturated carbocycles. The van der Waals surface area contributed by atoms with E-state index in [4.69, 9.17) is 0 Å². The van der Waals surface area contributed by atoms with Crippen molar-refractivity contribution >= 4 is 40.2 Å². The maximum atomic E-state index is 2.47. The Morgan fingerprint density at radius 1 is 0.536 bits per heavy atom. The fourth-order valence-corrected chi connectivity index (χ4v) is 9.98. The van der Waals surface area contributed by atoms with Crippen LogP contribution in [0.2, 0.25) is 0 Å². The van der Waals surface area contributed by atoms with Crippen molar-refractivity contribution in [3.8, 4) is 0 Å². The summed E-state index contributed by atoms with van der Waals surface area (Å²) in [4.78, 5) is 2.47. The number of nitrogens with zero attached hydrogens (tertiary/aromatic N) is 1. The average molecular weight is 378 g/mol. The average Bonchev–Trinajstić information content (AvgIpc) is 2.78. The van der Waals surface area contributed by atoms with Crippen LogP contribution in [0.3, 0.4) is 0 Å². The molecule has 0 unspecified atom stereocenters. The normalized spacial score (nSPS) is 14.2. The molecular weight excluding hydrogens is 354 g/mol. The van der Waals surface area contributed by atoms with E-state index in [0.717, 1.165) is 6.54 Å². The minimum absolute atomic E-state index is 0.960. The second kappa shape index (κ2) is 6.81. The van der Waals surface area contributed by atoms with Gasteiger partial charge >= 0.3 is 0 Å². The molecule has 4 aromatic carbocycles. The fraction of sp³-hybridized carbons (Fsp3) is 0.0769. The molecule has 0 aliphatic carbocycles. The van der Waals surface area contributed by atoms with Crippen LogP contribution in [0.1, 0.15) is 6.92 Å². The van der Waals surface area contributed by atoms with Crippen LogP contribution in [0.15, 0.2) is 109 Å². The van der Waals surface area contributed by atoms with Gasteiger partial charge in [-0.05, 0) is 39.8 Å². The minimum Gasteiger partial charge on any atom is -0.342 e. The zero-order valence-corrected chi connectivity index (χ0v) is 17.0. The van der Waals surface area contributed by atoms with Gasteiger partial charge in [-0.2, -0.15) is 0 Å². The molecule has 1 aliphatic rings. The molecule has 0 bridgehead atoms. The third-order valence-corrected chi connectivity index (χ3v) is 10.8. The molecule has 0 atom stereocenters. The van der Waals surface area contributed by atoms with Gasteiger partial charge in [0.2, 0.25) is 0 Å². The number of rotatable bonds is 3. The molecule has 1 aliphatic heterocycles. The Morgan fingerprint density at radius 3 is 1.36 bits per heavy atom. The van der Waals surface area contributed by atoms with Crippen molar-refractivity contribution in [1.29, 1.82) is 0 Å². The van der Waals surface area contributed by atoms with E-state index in [-0.39, 0.29) is 0 Å². The van der Waals surface area contributed by atoms with Gasteiger partial charge in [-0.15, -0.1) is 0 Å². The zero-order valence-electron chi connectivity index (χ0n) is 16.0. The number of anilines is 2. The van der Waals surface area contributed by atoms with E-state index in [1.807, 2.05) is 0 Å². The number of benzene rings is 4. The minimum atomic E-state index is -2.38. The van der Waals surface area contributed by atoms with Crippen molar-refractivity contribution < 1.29 is 0 Å². The summed E-state index contributed by atoms with van der Waals surface area (Å²) in [5.74, 6) is 0. The van der Waals surface area contributed by atoms with E-state index in [1.54, 1.807) is 0 Å². The predicted molar refractivity (Wildman–Crippen MR) is 123 cm³/mol. The fourth-order valence-electron chi connectivity index (χ4n) is 4.83. The molecule has 0 amide bonds. The second-order valence-corrected chi connectivity index (χ2v) is 11.0. The lowest BCUT2D eigenvalue weighted by molar-refractivity contribution is 1.03. The first-order valence-corrected chi connectivity index (χ1v) is 11.9. The van der Waals surface area contributed by atoms with Crippen LogP contribution in [-0.2, 0) is 0 Å². The highest BCUT2D eigenvalue weighted by Gasteiger charge is 2.47. The van der Waals surface area contributed by atoms with Crippen LogP contribution in [0.5, 0.6) is 0 Å². The number of hydrogen-bond donors (Lipinski definition) is 0. The lowest BCUT2D eigenvalue weighted by atomic mass is 10.2. The van der Waals surface area contributed by atoms with Gasteiger partial charge in [0, 0.05) is 17.9 Å². The third-order valence-electron chi connectivity index (χ3n) is 5.93. The van der Waals surface area contributed by atoms with Crippen molar-refractivity contribution in [1.82, 2.24) is 0 Å². The van der Waals surface area contributed by atoms with Crippen LogP contribution >= 0.6 is 0 Å². The zero-order chi connectivity index (χ0) is 19.0. The lowest BCUT2D eigenvalue weighted by Gasteiger charge is -2.44. The summed E-state index contributed by atoms with van der Waals surface area (Å²) in [5, 5.41) is 5.84. The van der Waals surface area contributed by atoms with Gasteiger partial charge in [-0.25, -0.2) is 0 Å². The summed E-state index contributed by atoms with van der Waals surface area (Å²) in [7, 11) is -2.38.